The van der Waals surface area contributed by atoms with Crippen LogP contribution in [-0.2, 0) is 9.53 Å². The number of esters is 1. The van der Waals surface area contributed by atoms with Crippen molar-refractivity contribution in [1.82, 2.24) is 0 Å². The summed E-state index contributed by atoms with van der Waals surface area (Å²) in [5, 5.41) is 105. The molecule has 12 atom stereocenters. The Hall–Kier alpha value is -2.23. The maximum atomic E-state index is 13.1. The van der Waals surface area contributed by atoms with E-state index in [0.29, 0.717) is 12.0 Å². The Kier molecular flexibility index (Phi) is 21.1. The highest BCUT2D eigenvalue weighted by molar-refractivity contribution is 5.74. The van der Waals surface area contributed by atoms with Crippen molar-refractivity contribution in [2.45, 2.75) is 146 Å². The first kappa shape index (κ1) is 42.8. The monoisotopic (exact) mass is 670 g/mol. The minimum Gasteiger partial charge on any atom is -0.459 e. The van der Waals surface area contributed by atoms with Gasteiger partial charge in [-0.05, 0) is 45.1 Å². The number of carbonyl (C=O) groups excluding carboxylic acids is 1. The van der Waals surface area contributed by atoms with Crippen molar-refractivity contribution in [3.8, 4) is 0 Å². The Balaban J connectivity index is 3.19. The molecule has 270 valence electrons. The van der Waals surface area contributed by atoms with Gasteiger partial charge in [0, 0.05) is 12.8 Å². The average molecular weight is 671 g/mol. The molecule has 12 nitrogen and oxygen atoms in total. The fraction of sp³-hybridized carbons (Fsp3) is 0.686. The molecule has 0 spiro atoms. The first-order chi connectivity index (χ1) is 22.2. The van der Waals surface area contributed by atoms with Gasteiger partial charge in [-0.15, -0.1) is 0 Å². The van der Waals surface area contributed by atoms with Crippen LogP contribution in [0.25, 0.3) is 0 Å². The second kappa shape index (κ2) is 23.2. The van der Waals surface area contributed by atoms with Crippen molar-refractivity contribution in [3.05, 3.63) is 60.3 Å². The molecule has 1 heterocycles. The van der Waals surface area contributed by atoms with E-state index in [-0.39, 0.29) is 32.1 Å². The molecule has 1 rings (SSSR count). The molecule has 0 unspecified atom stereocenters. The van der Waals surface area contributed by atoms with E-state index >= 15 is 0 Å². The summed E-state index contributed by atoms with van der Waals surface area (Å²) in [7, 11) is 0. The van der Waals surface area contributed by atoms with Crippen LogP contribution in [0.4, 0.5) is 0 Å². The molecule has 0 aromatic heterocycles. The van der Waals surface area contributed by atoms with E-state index in [1.165, 1.54) is 13.0 Å². The predicted molar refractivity (Wildman–Crippen MR) is 177 cm³/mol. The first-order valence-corrected chi connectivity index (χ1v) is 16.5. The average Bonchev–Trinajstić information content (AvgIpc) is 2.98. The van der Waals surface area contributed by atoms with Crippen molar-refractivity contribution in [2.75, 3.05) is 0 Å². The van der Waals surface area contributed by atoms with Gasteiger partial charge in [-0.2, -0.15) is 0 Å². The van der Waals surface area contributed by atoms with Crippen molar-refractivity contribution in [3.63, 3.8) is 0 Å². The van der Waals surface area contributed by atoms with Gasteiger partial charge in [-0.1, -0.05) is 80.9 Å². The fourth-order valence-corrected chi connectivity index (χ4v) is 5.30. The summed E-state index contributed by atoms with van der Waals surface area (Å²) >= 11 is 0. The van der Waals surface area contributed by atoms with Crippen molar-refractivity contribution in [1.29, 1.82) is 0 Å². The van der Waals surface area contributed by atoms with Gasteiger partial charge >= 0.3 is 5.97 Å². The predicted octanol–water partition coefficient (Wildman–Crippen LogP) is 0.859. The number of carbonyl (C=O) groups is 1. The zero-order chi connectivity index (χ0) is 35.5. The number of aliphatic hydroxyl groups excluding tert-OH is 10. The molecule has 1 aliphatic heterocycles. The molecule has 0 saturated heterocycles. The van der Waals surface area contributed by atoms with E-state index in [1.54, 1.807) is 55.5 Å². The molecule has 1 aliphatic rings. The number of hydrogen-bond donors (Lipinski definition) is 10. The Labute approximate surface area is 278 Å². The summed E-state index contributed by atoms with van der Waals surface area (Å²) in [4.78, 5) is 13.1. The molecule has 0 radical (unpaired) electrons. The number of aliphatic hydroxyl groups is 10. The molecular weight excluding hydrogens is 612 g/mol. The van der Waals surface area contributed by atoms with Gasteiger partial charge in [0.25, 0.3) is 0 Å². The summed E-state index contributed by atoms with van der Waals surface area (Å²) in [5.74, 6) is -2.37. The summed E-state index contributed by atoms with van der Waals surface area (Å²) < 4.78 is 5.41. The van der Waals surface area contributed by atoms with Gasteiger partial charge < -0.3 is 55.8 Å². The molecule has 0 bridgehead atoms. The topological polar surface area (TPSA) is 229 Å². The van der Waals surface area contributed by atoms with E-state index < -0.39 is 85.5 Å². The zero-order valence-corrected chi connectivity index (χ0v) is 27.8. The van der Waals surface area contributed by atoms with Crippen LogP contribution in [0.15, 0.2) is 60.3 Å². The minimum absolute atomic E-state index is 0.197. The van der Waals surface area contributed by atoms with Gasteiger partial charge in [0.05, 0.1) is 42.7 Å². The van der Waals surface area contributed by atoms with Crippen molar-refractivity contribution in [2.24, 2.45) is 5.92 Å². The van der Waals surface area contributed by atoms with Crippen LogP contribution >= 0.6 is 0 Å². The SMILES string of the molecule is CCCCC[C@@H](O)[C@@H]1C(=O)O[C@@H](C)[C@@H](O)\C=C/C=C\C=C/C=C\C=C(\C)[C@H](O)[C@H](O)[C@@H](O)C[C@@H](O)C[C@H](O)C[C@H](O)C[C@@H](O)C[C@@H]1O. The Morgan fingerprint density at radius 1 is 0.723 bits per heavy atom. The van der Waals surface area contributed by atoms with E-state index in [4.69, 9.17) is 4.74 Å². The Morgan fingerprint density at radius 2 is 1.21 bits per heavy atom. The summed E-state index contributed by atoms with van der Waals surface area (Å²) in [6.07, 6.45) is 0.559. The third kappa shape index (κ3) is 17.1. The minimum atomic E-state index is -1.61. The van der Waals surface area contributed by atoms with E-state index in [9.17, 15) is 55.9 Å². The number of rotatable bonds is 5. The molecule has 0 aromatic rings. The first-order valence-electron chi connectivity index (χ1n) is 16.5. The van der Waals surface area contributed by atoms with Crippen LogP contribution in [0.2, 0.25) is 0 Å². The van der Waals surface area contributed by atoms with Crippen LogP contribution in [0.1, 0.15) is 78.6 Å². The number of ether oxygens (including phenoxy) is 1. The number of hydrogen-bond acceptors (Lipinski definition) is 12. The van der Waals surface area contributed by atoms with E-state index in [1.807, 2.05) is 6.92 Å². The molecule has 0 aromatic carbocycles. The molecule has 0 amide bonds. The second-order valence-electron chi connectivity index (χ2n) is 12.5. The lowest BCUT2D eigenvalue weighted by Gasteiger charge is -2.30. The molecule has 0 saturated carbocycles. The Bertz CT molecular complexity index is 1020. The highest BCUT2D eigenvalue weighted by Crippen LogP contribution is 2.24. The quantitative estimate of drug-likeness (QED) is 0.145. The van der Waals surface area contributed by atoms with Crippen LogP contribution < -0.4 is 0 Å². The maximum absolute atomic E-state index is 13.1. The van der Waals surface area contributed by atoms with Gasteiger partial charge in [0.15, 0.2) is 0 Å². The number of unbranched alkanes of at least 4 members (excludes halogenated alkanes) is 2. The number of cyclic esters (lactones) is 1. The van der Waals surface area contributed by atoms with Gasteiger partial charge in [0.2, 0.25) is 0 Å². The standard InChI is InChI=1S/C35H58O12/c1-4-5-11-16-29(41)32-30(42)20-26(38)18-24(36)17-25(37)19-27(39)21-31(43)34(45)33(44)22(2)14-12-9-7-6-8-10-13-15-28(40)23(3)47-35(32)46/h6-10,12-15,23-34,36-45H,4-5,11,16-21H2,1-3H3/b7-6-,10-8-,12-9-,15-13-,22-14-/t23-,24-,25+,26+,27-,28-,29+,30-,31-,32-,33-,34+/m0/s1. The second-order valence-corrected chi connectivity index (χ2v) is 12.5. The van der Waals surface area contributed by atoms with Crippen molar-refractivity contribution < 1.29 is 60.6 Å². The molecule has 0 fully saturated rings. The lowest BCUT2D eigenvalue weighted by molar-refractivity contribution is -0.168. The molecule has 10 N–H and O–H groups in total. The van der Waals surface area contributed by atoms with Gasteiger partial charge in [0.1, 0.15) is 30.3 Å². The highest BCUT2D eigenvalue weighted by Gasteiger charge is 2.37. The largest absolute Gasteiger partial charge is 0.459 e. The van der Waals surface area contributed by atoms with E-state index in [2.05, 4.69) is 0 Å². The summed E-state index contributed by atoms with van der Waals surface area (Å²) in [6.45, 7) is 5.00. The number of allylic oxidation sites excluding steroid dienone is 8. The van der Waals surface area contributed by atoms with E-state index in [0.717, 1.165) is 12.8 Å². The lowest BCUT2D eigenvalue weighted by atomic mass is 9.87. The normalized spacial score (nSPS) is 39.6. The maximum Gasteiger partial charge on any atom is 0.314 e. The fourth-order valence-electron chi connectivity index (χ4n) is 5.30. The smallest absolute Gasteiger partial charge is 0.314 e. The van der Waals surface area contributed by atoms with Crippen LogP contribution in [0.5, 0.6) is 0 Å². The van der Waals surface area contributed by atoms with Gasteiger partial charge in [-0.25, -0.2) is 0 Å². The molecular formula is C35H58O12. The Morgan fingerprint density at radius 3 is 1.77 bits per heavy atom. The lowest BCUT2D eigenvalue weighted by Crippen LogP contribution is -2.43. The van der Waals surface area contributed by atoms with Gasteiger partial charge in [-0.3, -0.25) is 4.79 Å². The summed E-state index contributed by atoms with van der Waals surface area (Å²) in [5.41, 5.74) is 0.357. The van der Waals surface area contributed by atoms with Crippen LogP contribution in [-0.4, -0.2) is 124 Å². The zero-order valence-electron chi connectivity index (χ0n) is 27.8. The third-order valence-corrected chi connectivity index (χ3v) is 8.17. The van der Waals surface area contributed by atoms with Crippen LogP contribution in [0, 0.1) is 5.92 Å². The molecule has 12 heteroatoms. The highest BCUT2D eigenvalue weighted by atomic mass is 16.6. The third-order valence-electron chi connectivity index (χ3n) is 8.17. The molecule has 47 heavy (non-hydrogen) atoms. The van der Waals surface area contributed by atoms with Crippen molar-refractivity contribution >= 4 is 5.97 Å². The summed E-state index contributed by atoms with van der Waals surface area (Å²) in [6, 6.07) is 0. The van der Waals surface area contributed by atoms with Crippen LogP contribution in [0.3, 0.4) is 0 Å². The molecule has 0 aliphatic carbocycles.